The van der Waals surface area contributed by atoms with Crippen molar-refractivity contribution in [3.63, 3.8) is 0 Å². The van der Waals surface area contributed by atoms with Crippen LogP contribution in [0.25, 0.3) is 11.1 Å². The van der Waals surface area contributed by atoms with E-state index in [1.54, 1.807) is 63.5 Å². The van der Waals surface area contributed by atoms with Crippen LogP contribution >= 0.6 is 11.6 Å². The lowest BCUT2D eigenvalue weighted by Gasteiger charge is -2.22. The first-order valence-corrected chi connectivity index (χ1v) is 15.4. The number of halogens is 2. The summed E-state index contributed by atoms with van der Waals surface area (Å²) >= 11 is 6.27. The molecule has 0 spiro atoms. The molecule has 0 aliphatic carbocycles. The van der Waals surface area contributed by atoms with E-state index in [0.29, 0.717) is 41.5 Å². The summed E-state index contributed by atoms with van der Waals surface area (Å²) in [6.07, 6.45) is 6.95. The van der Waals surface area contributed by atoms with Crippen LogP contribution in [0.15, 0.2) is 55.0 Å². The number of aryl methyl sites for hydroxylation is 1. The zero-order valence-electron chi connectivity index (χ0n) is 23.8. The van der Waals surface area contributed by atoms with E-state index < -0.39 is 20.6 Å². The molecule has 3 N–H and O–H groups in total. The number of ether oxygens (including phenoxy) is 1. The molecule has 3 heterocycles. The lowest BCUT2D eigenvalue weighted by Crippen LogP contribution is -2.33. The first-order chi connectivity index (χ1) is 19.9. The summed E-state index contributed by atoms with van der Waals surface area (Å²) in [5.41, 5.74) is 3.19. The predicted octanol–water partition coefficient (Wildman–Crippen LogP) is 6.82. The molecule has 42 heavy (non-hydrogen) atoms. The van der Waals surface area contributed by atoms with E-state index in [4.69, 9.17) is 16.3 Å². The SMILES string of the molecule is Cc1cnc(Nc2ccc(-c3cnn(C4CCOCC4)c3)c(F)c2)nc1Nc1ccc(Cl)c(NS(=O)(=O)C(C)(C)C)c1. The van der Waals surface area contributed by atoms with Crippen LogP contribution in [-0.4, -0.2) is 46.1 Å². The van der Waals surface area contributed by atoms with E-state index in [9.17, 15) is 8.42 Å². The second-order valence-corrected chi connectivity index (χ2v) is 14.0. The summed E-state index contributed by atoms with van der Waals surface area (Å²) in [4.78, 5) is 8.87. The smallest absolute Gasteiger partial charge is 0.237 e. The number of hydrogen-bond donors (Lipinski definition) is 3. The van der Waals surface area contributed by atoms with Gasteiger partial charge in [0.15, 0.2) is 0 Å². The molecule has 2 aromatic carbocycles. The van der Waals surface area contributed by atoms with Crippen molar-refractivity contribution in [1.82, 2.24) is 19.7 Å². The van der Waals surface area contributed by atoms with Gasteiger partial charge in [-0.15, -0.1) is 0 Å². The second kappa shape index (κ2) is 11.9. The van der Waals surface area contributed by atoms with Crippen LogP contribution < -0.4 is 15.4 Å². The molecule has 1 fully saturated rings. The molecule has 4 aromatic rings. The zero-order valence-corrected chi connectivity index (χ0v) is 25.4. The maximum atomic E-state index is 15.2. The molecule has 13 heteroatoms. The van der Waals surface area contributed by atoms with Crippen molar-refractivity contribution >= 4 is 50.5 Å². The van der Waals surface area contributed by atoms with Gasteiger partial charge in [-0.05, 0) is 76.9 Å². The Labute approximate surface area is 249 Å². The van der Waals surface area contributed by atoms with Gasteiger partial charge in [0.25, 0.3) is 0 Å². The van der Waals surface area contributed by atoms with Gasteiger partial charge in [0.2, 0.25) is 16.0 Å². The molecule has 1 aliphatic rings. The van der Waals surface area contributed by atoms with Gasteiger partial charge in [0, 0.05) is 53.7 Å². The highest BCUT2D eigenvalue weighted by atomic mass is 35.5. The van der Waals surface area contributed by atoms with Gasteiger partial charge in [-0.2, -0.15) is 10.1 Å². The largest absolute Gasteiger partial charge is 0.381 e. The zero-order chi connectivity index (χ0) is 30.1. The van der Waals surface area contributed by atoms with Crippen LogP contribution in [0.4, 0.5) is 33.2 Å². The second-order valence-electron chi connectivity index (χ2n) is 11.1. The highest BCUT2D eigenvalue weighted by molar-refractivity contribution is 7.94. The molecule has 0 bridgehead atoms. The highest BCUT2D eigenvalue weighted by Gasteiger charge is 2.29. The van der Waals surface area contributed by atoms with Crippen molar-refractivity contribution in [1.29, 1.82) is 0 Å². The maximum Gasteiger partial charge on any atom is 0.237 e. The van der Waals surface area contributed by atoms with E-state index >= 15 is 4.39 Å². The predicted molar refractivity (Wildman–Crippen MR) is 164 cm³/mol. The minimum atomic E-state index is -3.68. The van der Waals surface area contributed by atoms with E-state index in [1.807, 2.05) is 17.8 Å². The summed E-state index contributed by atoms with van der Waals surface area (Å²) in [5.74, 6) is 0.339. The summed E-state index contributed by atoms with van der Waals surface area (Å²) in [6.45, 7) is 8.04. The van der Waals surface area contributed by atoms with Crippen molar-refractivity contribution in [2.75, 3.05) is 28.6 Å². The molecule has 0 unspecified atom stereocenters. The molecule has 0 radical (unpaired) electrons. The summed E-state index contributed by atoms with van der Waals surface area (Å²) in [5, 5.41) is 10.9. The summed E-state index contributed by atoms with van der Waals surface area (Å²) < 4.78 is 49.3. The van der Waals surface area contributed by atoms with Gasteiger partial charge in [-0.25, -0.2) is 17.8 Å². The van der Waals surface area contributed by atoms with Crippen molar-refractivity contribution < 1.29 is 17.5 Å². The fourth-order valence-electron chi connectivity index (χ4n) is 4.33. The number of benzene rings is 2. The number of anilines is 5. The van der Waals surface area contributed by atoms with Crippen LogP contribution in [0, 0.1) is 12.7 Å². The number of nitrogens with zero attached hydrogens (tertiary/aromatic N) is 4. The Bertz CT molecular complexity index is 1700. The van der Waals surface area contributed by atoms with Gasteiger partial charge in [-0.3, -0.25) is 9.40 Å². The highest BCUT2D eigenvalue weighted by Crippen LogP contribution is 2.32. The van der Waals surface area contributed by atoms with Crippen molar-refractivity contribution in [2.24, 2.45) is 0 Å². The number of aromatic nitrogens is 4. The Morgan fingerprint density at radius 2 is 1.76 bits per heavy atom. The quantitative estimate of drug-likeness (QED) is 0.198. The maximum absolute atomic E-state index is 15.2. The van der Waals surface area contributed by atoms with Gasteiger partial charge < -0.3 is 15.4 Å². The van der Waals surface area contributed by atoms with Crippen LogP contribution in [0.1, 0.15) is 45.2 Å². The molecule has 2 aromatic heterocycles. The monoisotopic (exact) mass is 613 g/mol. The van der Waals surface area contributed by atoms with Gasteiger partial charge >= 0.3 is 0 Å². The Balaban J connectivity index is 1.31. The minimum Gasteiger partial charge on any atom is -0.381 e. The molecular formula is C29H33ClFN7O3S. The first kappa shape index (κ1) is 29.7. The average molecular weight is 614 g/mol. The molecule has 0 saturated carbocycles. The third-order valence-electron chi connectivity index (χ3n) is 6.95. The van der Waals surface area contributed by atoms with Gasteiger partial charge in [0.1, 0.15) is 11.6 Å². The molecule has 5 rings (SSSR count). The third kappa shape index (κ3) is 6.66. The first-order valence-electron chi connectivity index (χ1n) is 13.5. The van der Waals surface area contributed by atoms with E-state index in [0.717, 1.165) is 18.4 Å². The van der Waals surface area contributed by atoms with E-state index in [2.05, 4.69) is 30.4 Å². The van der Waals surface area contributed by atoms with Crippen molar-refractivity contribution in [3.05, 3.63) is 71.4 Å². The van der Waals surface area contributed by atoms with Crippen LogP contribution in [0.2, 0.25) is 5.02 Å². The standard InChI is InChI=1S/C29H33ClFN7O3S/c1-18-15-32-28(36-27(18)34-21-6-8-24(30)26(14-21)37-42(39,40)29(2,3)4)35-20-5-7-23(25(31)13-20)19-16-33-38(17-19)22-9-11-41-12-10-22/h5-8,13-17,22,37H,9-12H2,1-4H3,(H2,32,34,35,36). The molecule has 222 valence electrons. The Kier molecular flexibility index (Phi) is 8.40. The number of rotatable bonds is 8. The van der Waals surface area contributed by atoms with Crippen LogP contribution in [0.3, 0.4) is 0 Å². The van der Waals surface area contributed by atoms with Crippen molar-refractivity contribution in [3.8, 4) is 11.1 Å². The fraction of sp³-hybridized carbons (Fsp3) is 0.345. The van der Waals surface area contributed by atoms with Gasteiger partial charge in [0.05, 0.1) is 27.7 Å². The van der Waals surface area contributed by atoms with Crippen molar-refractivity contribution in [2.45, 2.75) is 51.3 Å². The number of sulfonamides is 1. The average Bonchev–Trinajstić information content (AvgIpc) is 3.42. The summed E-state index contributed by atoms with van der Waals surface area (Å²) in [7, 11) is -3.68. The summed E-state index contributed by atoms with van der Waals surface area (Å²) in [6, 6.07) is 10.0. The lowest BCUT2D eigenvalue weighted by molar-refractivity contribution is 0.0662. The normalized spacial score (nSPS) is 14.5. The molecule has 0 amide bonds. The fourth-order valence-corrected chi connectivity index (χ4v) is 5.31. The lowest BCUT2D eigenvalue weighted by atomic mass is 10.1. The Morgan fingerprint density at radius 3 is 2.48 bits per heavy atom. The van der Waals surface area contributed by atoms with Crippen LogP contribution in [-0.2, 0) is 14.8 Å². The molecular weight excluding hydrogens is 581 g/mol. The molecule has 0 atom stereocenters. The third-order valence-corrected chi connectivity index (χ3v) is 9.38. The Hall–Kier alpha value is -3.74. The number of nitrogens with one attached hydrogen (secondary N) is 3. The number of hydrogen-bond acceptors (Lipinski definition) is 8. The van der Waals surface area contributed by atoms with E-state index in [1.165, 1.54) is 6.07 Å². The van der Waals surface area contributed by atoms with Crippen LogP contribution in [0.5, 0.6) is 0 Å². The van der Waals surface area contributed by atoms with Gasteiger partial charge in [-0.1, -0.05) is 11.6 Å². The topological polar surface area (TPSA) is 123 Å². The Morgan fingerprint density at radius 1 is 1.05 bits per heavy atom. The molecule has 10 nitrogen and oxygen atoms in total. The molecule has 1 saturated heterocycles. The molecule has 1 aliphatic heterocycles. The minimum absolute atomic E-state index is 0.246. The van der Waals surface area contributed by atoms with E-state index in [-0.39, 0.29) is 22.7 Å².